The van der Waals surface area contributed by atoms with Crippen LogP contribution >= 0.6 is 63.4 Å². The zero-order chi connectivity index (χ0) is 98.8. The number of aliphatic hydroxyl groups is 1. The fraction of sp³-hybridized carbons (Fsp3) is 0.404. The van der Waals surface area contributed by atoms with Crippen LogP contribution in [-0.4, -0.2) is 290 Å². The Bertz CT molecular complexity index is 6180. The summed E-state index contributed by atoms with van der Waals surface area (Å²) in [7, 11) is 12.5. The monoisotopic (exact) mass is 2040 g/mol. The summed E-state index contributed by atoms with van der Waals surface area (Å²) in [5.74, 6) is 5.89. The number of aliphatic imine (C=N–C) groups is 2. The number of methoxy groups -OCH3 is 4. The molecule has 0 radical (unpaired) electrons. The summed E-state index contributed by atoms with van der Waals surface area (Å²) in [4.78, 5) is 86.1. The van der Waals surface area contributed by atoms with Crippen molar-refractivity contribution in [2.75, 3.05) is 158 Å². The van der Waals surface area contributed by atoms with Gasteiger partial charge < -0.3 is 66.8 Å². The smallest absolute Gasteiger partial charge is 0.280 e. The lowest BCUT2D eigenvalue weighted by Crippen LogP contribution is -2.49. The Morgan fingerprint density at radius 2 is 0.824 bits per heavy atom. The summed E-state index contributed by atoms with van der Waals surface area (Å²) in [6, 6.07) is 69.9. The molecule has 20 rings (SSSR count). The number of H-pyrrole nitrogens is 2. The molecule has 8 aliphatic heterocycles. The second-order valence-electron chi connectivity index (χ2n) is 35.8. The van der Waals surface area contributed by atoms with Crippen LogP contribution < -0.4 is 30.1 Å². The van der Waals surface area contributed by atoms with Crippen molar-refractivity contribution in [3.63, 3.8) is 0 Å². The van der Waals surface area contributed by atoms with Crippen molar-refractivity contribution < 1.29 is 66.6 Å². The lowest BCUT2D eigenvalue weighted by molar-refractivity contribution is -0.202. The quantitative estimate of drug-likeness (QED) is 0.00708. The minimum absolute atomic E-state index is 0.0336. The van der Waals surface area contributed by atoms with Crippen molar-refractivity contribution in [3.8, 4) is 23.0 Å². The highest BCUT2D eigenvalue weighted by molar-refractivity contribution is 8.53. The molecule has 3 N–H and O–H groups in total. The van der Waals surface area contributed by atoms with Gasteiger partial charge in [-0.2, -0.15) is 22.6 Å². The van der Waals surface area contributed by atoms with Gasteiger partial charge in [0.2, 0.25) is 22.1 Å². The van der Waals surface area contributed by atoms with Crippen molar-refractivity contribution in [1.29, 1.82) is 0 Å². The molecular formula is C104H122N16O16P2S4. The van der Waals surface area contributed by atoms with E-state index < -0.39 is 77.9 Å². The summed E-state index contributed by atoms with van der Waals surface area (Å²) in [6.07, 6.45) is 12.1. The van der Waals surface area contributed by atoms with Crippen LogP contribution in [0.1, 0.15) is 118 Å². The highest BCUT2D eigenvalue weighted by atomic mass is 32.7. The van der Waals surface area contributed by atoms with Gasteiger partial charge in [0.05, 0.1) is 80.2 Å². The second kappa shape index (κ2) is 48.2. The molecule has 0 saturated carbocycles. The standard InChI is InChI=1S/C48H52N7O8PS2.C35H36N6O7.C12H24N3P.C9H10OS2/c1-53(2)31-50-46-51-42-39(43(56)52-46)49-32-55(42)44-40-41(63-64(54-25-11-12-26-54)66-28-27-65-45(57)33-13-7-5-8-14-33)47(62-44,29-60-40)30-61-48(34-15-9-6-10-16-34,35-17-21-37(58-3)22-18-35)36-19-23-38(59-4)24-20-36;1-40(2)20-37-33-38-30-27(31(43)39-33)36-21-41(30)32-28-29(42)34(48-32,18-46-28)19-47-35(22-8-6-5-7-9-22,23-10-14-25(44-3)15-11-23)24-12-16-26(45-4)17-13-24;1-2-8-13(7-1)16(14-9-3-4-10-14)15-11-5-6-12-15;10-9(12-7-6-11)8-4-2-1-3-5-8/h5-10,13-24,31-32,40-41,44H,11-12,25-30H2,1-4H3,(H,51,52,56);5-17,20-21,28-29,32,42H,18-19H2,1-4H3,(H,38,39,43);1-12H2;1-5,11H,6-7H2/t40-,41+,44-,47-,64?;28-,29+,32-,34-;;/m11../s1. The zero-order valence-corrected chi connectivity index (χ0v) is 86.1. The van der Waals surface area contributed by atoms with Gasteiger partial charge in [0.1, 0.15) is 78.2 Å². The number of aromatic nitrogens is 8. The molecule has 32 nitrogen and oxygen atoms in total. The third-order valence-electron chi connectivity index (χ3n) is 26.0. The fourth-order valence-corrected chi connectivity index (χ4v) is 28.1. The van der Waals surface area contributed by atoms with Gasteiger partial charge in [-0.3, -0.25) is 57.0 Å². The molecule has 4 aromatic heterocycles. The highest BCUT2D eigenvalue weighted by Crippen LogP contribution is 2.62. The van der Waals surface area contributed by atoms with Crippen LogP contribution in [0.25, 0.3) is 22.3 Å². The molecule has 8 aromatic carbocycles. The van der Waals surface area contributed by atoms with E-state index in [0.29, 0.717) is 45.7 Å². The number of rotatable bonds is 36. The number of aliphatic hydroxyl groups excluding tert-OH is 1. The van der Waals surface area contributed by atoms with Gasteiger partial charge in [-0.05, 0) is 139 Å². The molecule has 12 aromatic rings. The number of carbonyl (C=O) groups is 2. The van der Waals surface area contributed by atoms with Gasteiger partial charge in [-0.1, -0.05) is 205 Å². The van der Waals surface area contributed by atoms with Crippen LogP contribution in [0, 0.1) is 0 Å². The third-order valence-corrected chi connectivity index (χ3v) is 35.3. The molecule has 12 heterocycles. The number of ether oxygens (including phenoxy) is 10. The molecule has 0 aliphatic carbocycles. The van der Waals surface area contributed by atoms with Gasteiger partial charge >= 0.3 is 0 Å². The van der Waals surface area contributed by atoms with Crippen molar-refractivity contribution in [3.05, 3.63) is 296 Å². The fourth-order valence-electron chi connectivity index (χ4n) is 18.9. The number of imidazole rings is 2. The number of thiol groups is 1. The Morgan fingerprint density at radius 1 is 0.479 bits per heavy atom. The number of nitrogens with zero attached hydrogens (tertiary/aromatic N) is 14. The second-order valence-corrected chi connectivity index (χ2v) is 44.3. The summed E-state index contributed by atoms with van der Waals surface area (Å²) in [5.41, 5.74) is 1.86. The van der Waals surface area contributed by atoms with E-state index >= 15 is 0 Å². The molecule has 4 bridgehead atoms. The van der Waals surface area contributed by atoms with Crippen LogP contribution in [-0.2, 0) is 44.1 Å². The van der Waals surface area contributed by atoms with Crippen LogP contribution in [0.5, 0.6) is 23.0 Å². The van der Waals surface area contributed by atoms with Crippen molar-refractivity contribution in [2.45, 2.75) is 111 Å². The van der Waals surface area contributed by atoms with E-state index in [9.17, 15) is 24.3 Å². The van der Waals surface area contributed by atoms with Crippen LogP contribution in [0.3, 0.4) is 0 Å². The molecular weight excluding hydrogens is 1920 g/mol. The topological polar surface area (TPSA) is 327 Å². The highest BCUT2D eigenvalue weighted by Gasteiger charge is 2.66. The largest absolute Gasteiger partial charge is 0.497 e. The Hall–Kier alpha value is -10.3. The van der Waals surface area contributed by atoms with Crippen LogP contribution in [0.2, 0.25) is 0 Å². The molecule has 8 saturated heterocycles. The predicted octanol–water partition coefficient (Wildman–Crippen LogP) is 16.4. The van der Waals surface area contributed by atoms with Crippen molar-refractivity contribution >= 4 is 121 Å². The molecule has 748 valence electrons. The number of benzene rings is 8. The number of thioether (sulfide) groups is 2. The number of fused-ring (bicyclic) bond motifs is 6. The maximum Gasteiger partial charge on any atom is 0.280 e. The molecule has 9 atom stereocenters. The van der Waals surface area contributed by atoms with Gasteiger partial charge in [0.25, 0.3) is 11.1 Å². The molecule has 8 fully saturated rings. The van der Waals surface area contributed by atoms with Gasteiger partial charge in [0.15, 0.2) is 42.3 Å². The van der Waals surface area contributed by atoms with E-state index in [2.05, 4.69) is 78.3 Å². The van der Waals surface area contributed by atoms with E-state index in [-0.39, 0.29) is 73.6 Å². The Morgan fingerprint density at radius 3 is 1.21 bits per heavy atom. The average Bonchev–Trinajstić information content (AvgIpc) is 1.55. The maximum absolute atomic E-state index is 13.4. The summed E-state index contributed by atoms with van der Waals surface area (Å²) < 4.78 is 85.2. The molecule has 0 amide bonds. The summed E-state index contributed by atoms with van der Waals surface area (Å²) in [5, 5.41) is 11.9. The Balaban J connectivity index is 0.000000157. The first-order valence-electron chi connectivity index (χ1n) is 47.8. The van der Waals surface area contributed by atoms with E-state index in [4.69, 9.17) is 56.9 Å². The normalized spacial score (nSPS) is 21.5. The molecule has 1 unspecified atom stereocenters. The van der Waals surface area contributed by atoms with E-state index in [1.807, 2.05) is 234 Å². The third kappa shape index (κ3) is 23.1. The first-order chi connectivity index (χ1) is 69.3. The predicted molar refractivity (Wildman–Crippen MR) is 562 cm³/mol. The van der Waals surface area contributed by atoms with Gasteiger partial charge in [-0.15, -0.1) is 0 Å². The maximum atomic E-state index is 13.4. The van der Waals surface area contributed by atoms with Crippen molar-refractivity contribution in [1.82, 2.24) is 67.5 Å². The SMILES string of the molecule is C1CCN(P(N2CCCC2)N2CCCC2)C1.COc1ccc(C(OC[C@@]23CO[C@@H]([C@H](n4cnc5c(=O)[nH]c(N=CN(C)C)nc54)O2)[C@@H]3O)(c2ccccc2)c2ccc(OC)cc2)cc1.COc1ccc(C(OC[C@@]23CO[C@@H]([C@H](n4cnc5c(=O)[nH]c(N=CN(C)C)nc54)O2)[C@@H]3OP(SCCSC(=O)c2ccccc2)N2CCCC2)(c2ccccc2)c2ccc(OC)cc2)cc1.O=C(SCCS)c1ccccc1. The lowest BCUT2D eigenvalue weighted by atomic mass is 9.79. The number of hydrogen-bond donors (Lipinski definition) is 4. The first kappa shape index (κ1) is 103. The molecule has 0 spiro atoms. The van der Waals surface area contributed by atoms with Crippen LogP contribution in [0.4, 0.5) is 11.9 Å². The molecule has 38 heteroatoms. The van der Waals surface area contributed by atoms with E-state index in [1.165, 1.54) is 114 Å². The number of nitrogens with one attached hydrogen (secondary N) is 2. The minimum Gasteiger partial charge on any atom is -0.497 e. The Kier molecular flexibility index (Phi) is 35.0. The molecule has 8 aliphatic rings. The van der Waals surface area contributed by atoms with Gasteiger partial charge in [-0.25, -0.2) is 20.0 Å². The average molecular weight is 2040 g/mol. The summed E-state index contributed by atoms with van der Waals surface area (Å²) >= 11 is 8.40. The first-order valence-corrected chi connectivity index (χ1v) is 54.4. The zero-order valence-electron chi connectivity index (χ0n) is 80.9. The van der Waals surface area contributed by atoms with Crippen LogP contribution in [0.15, 0.2) is 251 Å². The number of aromatic amines is 2. The van der Waals surface area contributed by atoms with Gasteiger partial charge in [0, 0.05) is 109 Å². The number of carbonyl (C=O) groups excluding carboxylic acids is 2. The summed E-state index contributed by atoms with van der Waals surface area (Å²) in [6.45, 7) is 10.2. The minimum atomic E-state index is -1.25. The lowest BCUT2D eigenvalue weighted by Gasteiger charge is -2.40. The molecule has 142 heavy (non-hydrogen) atoms. The van der Waals surface area contributed by atoms with E-state index in [0.717, 1.165) is 76.4 Å². The van der Waals surface area contributed by atoms with Crippen molar-refractivity contribution in [2.24, 2.45) is 9.98 Å². The van der Waals surface area contributed by atoms with E-state index in [1.54, 1.807) is 71.4 Å². The Labute approximate surface area is 847 Å². The number of hydrogen-bond acceptors (Lipinski definition) is 30.